The van der Waals surface area contributed by atoms with Gasteiger partial charge in [0.25, 0.3) is 0 Å². The van der Waals surface area contributed by atoms with E-state index >= 15 is 0 Å². The third-order valence-corrected chi connectivity index (χ3v) is 4.41. The van der Waals surface area contributed by atoms with Gasteiger partial charge in [-0.25, -0.2) is 0 Å². The van der Waals surface area contributed by atoms with Gasteiger partial charge >= 0.3 is 0 Å². The molecule has 1 aromatic rings. The molecule has 1 aliphatic carbocycles. The predicted octanol–water partition coefficient (Wildman–Crippen LogP) is 3.04. The molecular weight excluding hydrogens is 226 g/mol. The van der Waals surface area contributed by atoms with E-state index in [-0.39, 0.29) is 11.6 Å². The third-order valence-electron chi connectivity index (χ3n) is 4.41. The van der Waals surface area contributed by atoms with Crippen LogP contribution in [-0.2, 0) is 0 Å². The normalized spacial score (nSPS) is 30.5. The third kappa shape index (κ3) is 1.77. The van der Waals surface area contributed by atoms with Gasteiger partial charge in [0.05, 0.1) is 7.11 Å². The van der Waals surface area contributed by atoms with Gasteiger partial charge in [-0.2, -0.15) is 0 Å². The Balaban J connectivity index is 1.96. The Morgan fingerprint density at radius 2 is 2.22 bits per heavy atom. The fourth-order valence-corrected chi connectivity index (χ4v) is 3.14. The number of nitrogens with two attached hydrogens (primary N) is 1. The van der Waals surface area contributed by atoms with Gasteiger partial charge in [0.15, 0.2) is 0 Å². The summed E-state index contributed by atoms with van der Waals surface area (Å²) in [7, 11) is 1.68. The van der Waals surface area contributed by atoms with Crippen molar-refractivity contribution in [2.75, 3.05) is 7.11 Å². The van der Waals surface area contributed by atoms with Crippen LogP contribution in [0.2, 0.25) is 0 Å². The predicted molar refractivity (Wildman–Crippen MR) is 70.9 cm³/mol. The van der Waals surface area contributed by atoms with E-state index in [9.17, 15) is 0 Å². The van der Waals surface area contributed by atoms with E-state index in [2.05, 4.69) is 6.92 Å². The van der Waals surface area contributed by atoms with Crippen LogP contribution < -0.4 is 15.2 Å². The molecule has 0 bridgehead atoms. The van der Waals surface area contributed by atoms with Crippen molar-refractivity contribution in [2.45, 2.75) is 44.2 Å². The van der Waals surface area contributed by atoms with Crippen LogP contribution in [0.4, 0.5) is 0 Å². The summed E-state index contributed by atoms with van der Waals surface area (Å²) in [6.07, 6.45) is 4.53. The summed E-state index contributed by atoms with van der Waals surface area (Å²) < 4.78 is 11.6. The average Bonchev–Trinajstić information content (AvgIpc) is 3.23. The van der Waals surface area contributed by atoms with Crippen LogP contribution in [-0.4, -0.2) is 12.7 Å². The molecule has 0 saturated heterocycles. The number of fused-ring (bicyclic) bond motifs is 1. The molecule has 3 rings (SSSR count). The molecular formula is C15H21NO2. The zero-order valence-corrected chi connectivity index (χ0v) is 11.1. The molecule has 1 heterocycles. The molecule has 1 saturated carbocycles. The molecule has 0 amide bonds. The van der Waals surface area contributed by atoms with E-state index in [1.807, 2.05) is 18.2 Å². The Labute approximate surface area is 108 Å². The van der Waals surface area contributed by atoms with Crippen molar-refractivity contribution in [1.82, 2.24) is 0 Å². The molecule has 2 unspecified atom stereocenters. The van der Waals surface area contributed by atoms with Crippen molar-refractivity contribution < 1.29 is 9.47 Å². The minimum Gasteiger partial charge on any atom is -0.497 e. The Hall–Kier alpha value is -1.22. The fourth-order valence-electron chi connectivity index (χ4n) is 3.14. The molecule has 0 aromatic heterocycles. The molecule has 2 atom stereocenters. The zero-order valence-electron chi connectivity index (χ0n) is 11.1. The highest BCUT2D eigenvalue weighted by atomic mass is 16.5. The van der Waals surface area contributed by atoms with Gasteiger partial charge in [-0.15, -0.1) is 0 Å². The van der Waals surface area contributed by atoms with Crippen LogP contribution in [0.5, 0.6) is 11.5 Å². The van der Waals surface area contributed by atoms with Crippen molar-refractivity contribution >= 4 is 0 Å². The van der Waals surface area contributed by atoms with Gasteiger partial charge in [-0.05, 0) is 43.4 Å². The zero-order chi connectivity index (χ0) is 12.8. The second-order valence-electron chi connectivity index (χ2n) is 5.51. The lowest BCUT2D eigenvalue weighted by Gasteiger charge is -2.41. The van der Waals surface area contributed by atoms with Crippen LogP contribution in [0.1, 0.15) is 44.2 Å². The molecule has 2 N–H and O–H groups in total. The molecule has 2 aliphatic rings. The van der Waals surface area contributed by atoms with Gasteiger partial charge in [-0.3, -0.25) is 0 Å². The van der Waals surface area contributed by atoms with Crippen LogP contribution >= 0.6 is 0 Å². The second kappa shape index (κ2) is 4.16. The minimum absolute atomic E-state index is 0.0268. The van der Waals surface area contributed by atoms with E-state index in [4.69, 9.17) is 15.2 Å². The lowest BCUT2D eigenvalue weighted by molar-refractivity contribution is 0.0106. The number of hydrogen-bond donors (Lipinski definition) is 1. The highest BCUT2D eigenvalue weighted by Crippen LogP contribution is 2.52. The SMILES string of the molecule is CCC1(C2CC2)CC(N)c2cc(OC)ccc2O1. The van der Waals surface area contributed by atoms with Crippen LogP contribution in [0.15, 0.2) is 18.2 Å². The van der Waals surface area contributed by atoms with Gasteiger partial charge in [0, 0.05) is 18.0 Å². The Morgan fingerprint density at radius 1 is 1.44 bits per heavy atom. The second-order valence-corrected chi connectivity index (χ2v) is 5.51. The number of rotatable bonds is 3. The van der Waals surface area contributed by atoms with Gasteiger partial charge in [0.2, 0.25) is 0 Å². The van der Waals surface area contributed by atoms with E-state index in [0.29, 0.717) is 5.92 Å². The maximum atomic E-state index is 6.35. The summed E-state index contributed by atoms with van der Waals surface area (Å²) in [4.78, 5) is 0. The first kappa shape index (κ1) is 11.8. The van der Waals surface area contributed by atoms with Gasteiger partial charge < -0.3 is 15.2 Å². The Kier molecular flexibility index (Phi) is 2.74. The molecule has 1 aromatic carbocycles. The summed E-state index contributed by atoms with van der Waals surface area (Å²) in [6, 6.07) is 6.01. The highest BCUT2D eigenvalue weighted by Gasteiger charge is 2.49. The molecule has 18 heavy (non-hydrogen) atoms. The number of benzene rings is 1. The average molecular weight is 247 g/mol. The smallest absolute Gasteiger partial charge is 0.125 e. The van der Waals surface area contributed by atoms with Crippen molar-refractivity contribution in [3.63, 3.8) is 0 Å². The van der Waals surface area contributed by atoms with Crippen molar-refractivity contribution in [1.29, 1.82) is 0 Å². The molecule has 3 nitrogen and oxygen atoms in total. The van der Waals surface area contributed by atoms with E-state index in [1.54, 1.807) is 7.11 Å². The summed E-state index contributed by atoms with van der Waals surface area (Å²) in [5.41, 5.74) is 7.41. The summed E-state index contributed by atoms with van der Waals surface area (Å²) in [5.74, 6) is 2.50. The monoisotopic (exact) mass is 247 g/mol. The summed E-state index contributed by atoms with van der Waals surface area (Å²) in [6.45, 7) is 2.21. The van der Waals surface area contributed by atoms with Gasteiger partial charge in [0.1, 0.15) is 17.1 Å². The van der Waals surface area contributed by atoms with E-state index in [1.165, 1.54) is 12.8 Å². The number of ether oxygens (including phenoxy) is 2. The van der Waals surface area contributed by atoms with E-state index < -0.39 is 0 Å². The number of methoxy groups -OCH3 is 1. The first-order chi connectivity index (χ1) is 8.68. The number of hydrogen-bond acceptors (Lipinski definition) is 3. The fraction of sp³-hybridized carbons (Fsp3) is 0.600. The lowest BCUT2D eigenvalue weighted by atomic mass is 9.82. The van der Waals surface area contributed by atoms with Crippen molar-refractivity contribution in [3.05, 3.63) is 23.8 Å². The molecule has 3 heteroatoms. The van der Waals surface area contributed by atoms with Crippen LogP contribution in [0.25, 0.3) is 0 Å². The first-order valence-corrected chi connectivity index (χ1v) is 6.81. The summed E-state index contributed by atoms with van der Waals surface area (Å²) >= 11 is 0. The first-order valence-electron chi connectivity index (χ1n) is 6.81. The van der Waals surface area contributed by atoms with Crippen molar-refractivity contribution in [3.8, 4) is 11.5 Å². The van der Waals surface area contributed by atoms with Gasteiger partial charge in [-0.1, -0.05) is 6.92 Å². The topological polar surface area (TPSA) is 44.5 Å². The lowest BCUT2D eigenvalue weighted by Crippen LogP contribution is -2.44. The van der Waals surface area contributed by atoms with Crippen LogP contribution in [0, 0.1) is 5.92 Å². The minimum atomic E-state index is -0.0268. The molecule has 0 radical (unpaired) electrons. The molecule has 98 valence electrons. The maximum absolute atomic E-state index is 6.35. The Morgan fingerprint density at radius 3 is 2.83 bits per heavy atom. The largest absolute Gasteiger partial charge is 0.497 e. The molecule has 1 aliphatic heterocycles. The Bertz CT molecular complexity index is 456. The standard InChI is InChI=1S/C15H21NO2/c1-3-15(10-4-5-10)9-13(16)12-8-11(17-2)6-7-14(12)18-15/h6-8,10,13H,3-5,9,16H2,1-2H3. The van der Waals surface area contributed by atoms with Crippen LogP contribution in [0.3, 0.4) is 0 Å². The van der Waals surface area contributed by atoms with Crippen molar-refractivity contribution in [2.24, 2.45) is 11.7 Å². The highest BCUT2D eigenvalue weighted by molar-refractivity contribution is 5.44. The molecule has 0 spiro atoms. The molecule has 1 fully saturated rings. The summed E-state index contributed by atoms with van der Waals surface area (Å²) in [5, 5.41) is 0. The quantitative estimate of drug-likeness (QED) is 0.893. The maximum Gasteiger partial charge on any atom is 0.125 e. The van der Waals surface area contributed by atoms with E-state index in [0.717, 1.165) is 29.9 Å².